The number of halogens is 3. The van der Waals surface area contributed by atoms with Crippen molar-refractivity contribution in [3.8, 4) is 0 Å². The molecule has 0 aliphatic rings. The molecule has 0 fully saturated rings. The molecule has 0 atom stereocenters. The smallest absolute Gasteiger partial charge is 0.277 e. The first kappa shape index (κ1) is 16.5. The molecule has 0 unspecified atom stereocenters. The van der Waals surface area contributed by atoms with E-state index in [1.54, 1.807) is 0 Å². The fourth-order valence-electron chi connectivity index (χ4n) is 1.59. The van der Waals surface area contributed by atoms with Crippen molar-refractivity contribution >= 4 is 44.6 Å². The highest BCUT2D eigenvalue weighted by molar-refractivity contribution is 7.92. The molecule has 6 nitrogen and oxygen atoms in total. The quantitative estimate of drug-likeness (QED) is 0.659. The van der Waals surface area contributed by atoms with Crippen LogP contribution in [-0.4, -0.2) is 13.3 Å². The molecule has 10 heteroatoms. The summed E-state index contributed by atoms with van der Waals surface area (Å²) in [4.78, 5) is 9.54. The van der Waals surface area contributed by atoms with Gasteiger partial charge in [-0.2, -0.15) is 0 Å². The number of nitrogens with one attached hydrogen (secondary N) is 1. The van der Waals surface area contributed by atoms with E-state index in [0.717, 1.165) is 18.2 Å². The monoisotopic (exact) mass is 364 g/mol. The van der Waals surface area contributed by atoms with Crippen LogP contribution in [0.3, 0.4) is 0 Å². The zero-order chi connectivity index (χ0) is 16.5. The van der Waals surface area contributed by atoms with Crippen molar-refractivity contribution in [3.63, 3.8) is 0 Å². The standard InChI is InChI=1S/C12H7Cl2FN2O4S/c13-8-5-4-7(6-11(8)17(18)19)22(20,21)16-10-3-1-2-9(14)12(10)15/h1-6,16H. The molecule has 0 saturated heterocycles. The summed E-state index contributed by atoms with van der Waals surface area (Å²) in [5.41, 5.74) is -0.943. The summed E-state index contributed by atoms with van der Waals surface area (Å²) in [6, 6.07) is 6.70. The van der Waals surface area contributed by atoms with Crippen LogP contribution in [0.25, 0.3) is 0 Å². The van der Waals surface area contributed by atoms with Gasteiger partial charge in [-0.05, 0) is 24.3 Å². The van der Waals surface area contributed by atoms with Gasteiger partial charge in [0.05, 0.1) is 20.5 Å². The predicted molar refractivity (Wildman–Crippen MR) is 80.3 cm³/mol. The highest BCUT2D eigenvalue weighted by Crippen LogP contribution is 2.29. The Labute approximate surface area is 134 Å². The first-order valence-electron chi connectivity index (χ1n) is 5.63. The van der Waals surface area contributed by atoms with Crippen LogP contribution in [0, 0.1) is 15.9 Å². The SMILES string of the molecule is O=[N+]([O-])c1cc(S(=O)(=O)Nc2cccc(Cl)c2F)ccc1Cl. The van der Waals surface area contributed by atoms with E-state index in [2.05, 4.69) is 0 Å². The molecule has 0 bridgehead atoms. The number of nitro benzene ring substituents is 1. The number of nitro groups is 1. The lowest BCUT2D eigenvalue weighted by molar-refractivity contribution is -0.384. The van der Waals surface area contributed by atoms with Crippen molar-refractivity contribution < 1.29 is 17.7 Å². The molecule has 2 aromatic carbocycles. The Morgan fingerprint density at radius 2 is 1.82 bits per heavy atom. The Morgan fingerprint density at radius 3 is 2.45 bits per heavy atom. The normalized spacial score (nSPS) is 11.2. The average molecular weight is 365 g/mol. The summed E-state index contributed by atoms with van der Waals surface area (Å²) >= 11 is 11.2. The van der Waals surface area contributed by atoms with Crippen LogP contribution in [0.1, 0.15) is 0 Å². The number of hydrogen-bond donors (Lipinski definition) is 1. The van der Waals surface area contributed by atoms with Gasteiger partial charge in [-0.25, -0.2) is 12.8 Å². The number of anilines is 1. The molecule has 2 rings (SSSR count). The maximum Gasteiger partial charge on any atom is 0.289 e. The third kappa shape index (κ3) is 3.29. The Morgan fingerprint density at radius 1 is 1.14 bits per heavy atom. The number of hydrogen-bond acceptors (Lipinski definition) is 4. The maximum absolute atomic E-state index is 13.7. The predicted octanol–water partition coefficient (Wildman–Crippen LogP) is 3.84. The van der Waals surface area contributed by atoms with E-state index >= 15 is 0 Å². The third-order valence-corrected chi connectivity index (χ3v) is 4.60. The lowest BCUT2D eigenvalue weighted by Gasteiger charge is -2.09. The maximum atomic E-state index is 13.7. The Bertz CT molecular complexity index is 858. The molecule has 0 radical (unpaired) electrons. The van der Waals surface area contributed by atoms with Gasteiger partial charge in [0.25, 0.3) is 15.7 Å². The number of rotatable bonds is 4. The van der Waals surface area contributed by atoms with Gasteiger partial charge in [-0.3, -0.25) is 14.8 Å². The van der Waals surface area contributed by atoms with Crippen LogP contribution in [0.5, 0.6) is 0 Å². The van der Waals surface area contributed by atoms with Crippen molar-refractivity contribution in [2.75, 3.05) is 4.72 Å². The largest absolute Gasteiger partial charge is 0.289 e. The topological polar surface area (TPSA) is 89.3 Å². The van der Waals surface area contributed by atoms with Crippen LogP contribution in [-0.2, 0) is 10.0 Å². The molecule has 0 saturated carbocycles. The third-order valence-electron chi connectivity index (χ3n) is 2.62. The van der Waals surface area contributed by atoms with E-state index in [0.29, 0.717) is 0 Å². The molecular weight excluding hydrogens is 358 g/mol. The second-order valence-corrected chi connectivity index (χ2v) is 6.57. The van der Waals surface area contributed by atoms with E-state index in [1.807, 2.05) is 4.72 Å². The molecule has 116 valence electrons. The minimum Gasteiger partial charge on any atom is -0.277 e. The summed E-state index contributed by atoms with van der Waals surface area (Å²) in [5, 5.41) is 10.3. The van der Waals surface area contributed by atoms with Crippen molar-refractivity contribution in [1.29, 1.82) is 0 Å². The van der Waals surface area contributed by atoms with E-state index in [1.165, 1.54) is 18.2 Å². The van der Waals surface area contributed by atoms with Gasteiger partial charge in [-0.15, -0.1) is 0 Å². The first-order valence-corrected chi connectivity index (χ1v) is 7.87. The second-order valence-electron chi connectivity index (χ2n) is 4.08. The Hall–Kier alpha value is -1.90. The van der Waals surface area contributed by atoms with Crippen LogP contribution in [0.2, 0.25) is 10.0 Å². The summed E-state index contributed by atoms with van der Waals surface area (Å²) in [5.74, 6) is -0.948. The van der Waals surface area contributed by atoms with Gasteiger partial charge < -0.3 is 0 Å². The zero-order valence-electron chi connectivity index (χ0n) is 10.6. The van der Waals surface area contributed by atoms with Gasteiger partial charge >= 0.3 is 0 Å². The summed E-state index contributed by atoms with van der Waals surface area (Å²) in [6.45, 7) is 0. The van der Waals surface area contributed by atoms with Crippen LogP contribution in [0.15, 0.2) is 41.3 Å². The molecular formula is C12H7Cl2FN2O4S. The minimum absolute atomic E-state index is 0.210. The van der Waals surface area contributed by atoms with E-state index in [9.17, 15) is 22.9 Å². The van der Waals surface area contributed by atoms with Gasteiger partial charge in [0.2, 0.25) is 0 Å². The summed E-state index contributed by atoms with van der Waals surface area (Å²) in [6.07, 6.45) is 0. The molecule has 0 amide bonds. The first-order chi connectivity index (χ1) is 10.2. The minimum atomic E-state index is -4.24. The van der Waals surface area contributed by atoms with E-state index in [4.69, 9.17) is 23.2 Å². The molecule has 0 aromatic heterocycles. The van der Waals surface area contributed by atoms with Crippen molar-refractivity contribution in [2.45, 2.75) is 4.90 Å². The zero-order valence-corrected chi connectivity index (χ0v) is 12.9. The number of nitrogens with zero attached hydrogens (tertiary/aromatic N) is 1. The molecule has 0 aliphatic heterocycles. The highest BCUT2D eigenvalue weighted by atomic mass is 35.5. The van der Waals surface area contributed by atoms with Gasteiger partial charge in [0, 0.05) is 6.07 Å². The van der Waals surface area contributed by atoms with Crippen LogP contribution < -0.4 is 4.72 Å². The molecule has 0 spiro atoms. The molecule has 0 heterocycles. The lowest BCUT2D eigenvalue weighted by atomic mass is 10.3. The Balaban J connectivity index is 2.45. The summed E-state index contributed by atoms with van der Waals surface area (Å²) < 4.78 is 40.0. The summed E-state index contributed by atoms with van der Waals surface area (Å²) in [7, 11) is -4.24. The fourth-order valence-corrected chi connectivity index (χ4v) is 3.03. The molecule has 22 heavy (non-hydrogen) atoms. The van der Waals surface area contributed by atoms with E-state index in [-0.39, 0.29) is 15.7 Å². The van der Waals surface area contributed by atoms with Crippen LogP contribution >= 0.6 is 23.2 Å². The number of benzene rings is 2. The van der Waals surface area contributed by atoms with Gasteiger partial charge in [0.15, 0.2) is 5.82 Å². The second kappa shape index (κ2) is 6.07. The van der Waals surface area contributed by atoms with Crippen LogP contribution in [0.4, 0.5) is 15.8 Å². The van der Waals surface area contributed by atoms with Gasteiger partial charge in [-0.1, -0.05) is 29.3 Å². The Kier molecular flexibility index (Phi) is 4.55. The molecule has 0 aliphatic carbocycles. The van der Waals surface area contributed by atoms with Crippen molar-refractivity contribution in [1.82, 2.24) is 0 Å². The average Bonchev–Trinajstić information content (AvgIpc) is 2.43. The number of sulfonamides is 1. The fraction of sp³-hybridized carbons (Fsp3) is 0. The highest BCUT2D eigenvalue weighted by Gasteiger charge is 2.22. The molecule has 2 aromatic rings. The molecule has 1 N–H and O–H groups in total. The van der Waals surface area contributed by atoms with Crippen molar-refractivity contribution in [2.24, 2.45) is 0 Å². The lowest BCUT2D eigenvalue weighted by Crippen LogP contribution is -2.14. The van der Waals surface area contributed by atoms with Gasteiger partial charge in [0.1, 0.15) is 5.02 Å². The van der Waals surface area contributed by atoms with Crippen molar-refractivity contribution in [3.05, 3.63) is 62.4 Å². The van der Waals surface area contributed by atoms with E-state index < -0.39 is 31.3 Å².